The van der Waals surface area contributed by atoms with E-state index in [0.717, 1.165) is 12.8 Å². The minimum atomic E-state index is -1.97. The van der Waals surface area contributed by atoms with Crippen molar-refractivity contribution in [3.63, 3.8) is 0 Å². The number of cyclic esters (lactones) is 1. The van der Waals surface area contributed by atoms with E-state index in [1.807, 2.05) is 39.8 Å². The van der Waals surface area contributed by atoms with E-state index in [-0.39, 0.29) is 43.8 Å². The zero-order valence-electron chi connectivity index (χ0n) is 40.6. The van der Waals surface area contributed by atoms with Gasteiger partial charge < -0.3 is 68.7 Å². The summed E-state index contributed by atoms with van der Waals surface area (Å²) in [7, 11) is 6.81. The van der Waals surface area contributed by atoms with E-state index < -0.39 is 108 Å². The first-order valence-electron chi connectivity index (χ1n) is 23.3. The van der Waals surface area contributed by atoms with E-state index >= 15 is 0 Å². The topological polar surface area (TPSA) is 213 Å². The van der Waals surface area contributed by atoms with Crippen LogP contribution in [-0.2, 0) is 52.3 Å². The van der Waals surface area contributed by atoms with Crippen LogP contribution in [0, 0.1) is 17.8 Å². The molecule has 0 aromatic carbocycles. The third kappa shape index (κ3) is 12.9. The number of aliphatic hydroxyl groups is 3. The normalized spacial score (nSPS) is 44.1. The number of amides is 1. The third-order valence-electron chi connectivity index (χ3n) is 14.5. The van der Waals surface area contributed by atoms with Gasteiger partial charge in [-0.25, -0.2) is 0 Å². The molecule has 1 aliphatic carbocycles. The Hall–Kier alpha value is -2.03. The lowest BCUT2D eigenvalue weighted by Gasteiger charge is -2.49. The zero-order valence-corrected chi connectivity index (χ0v) is 40.6. The molecule has 0 aromatic rings. The van der Waals surface area contributed by atoms with Gasteiger partial charge in [0.2, 0.25) is 5.91 Å². The van der Waals surface area contributed by atoms with Gasteiger partial charge in [0.25, 0.3) is 0 Å². The summed E-state index contributed by atoms with van der Waals surface area (Å²) in [6.07, 6.45) is -4.14. The van der Waals surface area contributed by atoms with Crippen molar-refractivity contribution in [3.8, 4) is 0 Å². The number of hydrogen-bond donors (Lipinski definition) is 5. The molecule has 1 saturated carbocycles. The second-order valence-electron chi connectivity index (χ2n) is 19.9. The predicted octanol–water partition coefficient (Wildman–Crippen LogP) is 3.21. The van der Waals surface area contributed by atoms with Gasteiger partial charge in [0.15, 0.2) is 18.7 Å². The SMILES string of the molecule is CC[C@H]1OC(=O)[C@H](C)[C@@H](O[C@H]2C[C@@](C)(OC)[C@@H](OC(=O)CCNC3CCCC3)[C@H](C)O2)[C@H](C)[C@@H](O[C@@H]2O[C@H](C)C[C@H](N(C)C)[C@H]2O)[C@](C)(OC)C[C@@H](C)C(=O)N[C@H](C)[C@@H](O)[C@]1(C)O. The summed E-state index contributed by atoms with van der Waals surface area (Å²) >= 11 is 0. The van der Waals surface area contributed by atoms with Crippen LogP contribution in [-0.4, -0.2) is 169 Å². The maximum absolute atomic E-state index is 14.5. The van der Waals surface area contributed by atoms with Gasteiger partial charge in [-0.3, -0.25) is 14.4 Å². The average molecular weight is 902 g/mol. The van der Waals surface area contributed by atoms with Crippen LogP contribution in [0.2, 0.25) is 0 Å². The molecule has 63 heavy (non-hydrogen) atoms. The summed E-state index contributed by atoms with van der Waals surface area (Å²) in [4.78, 5) is 43.5. The number of aliphatic hydroxyl groups excluding tert-OH is 2. The number of rotatable bonds is 13. The smallest absolute Gasteiger partial charge is 0.311 e. The van der Waals surface area contributed by atoms with Crippen LogP contribution in [0.15, 0.2) is 0 Å². The first-order chi connectivity index (χ1) is 29.4. The maximum Gasteiger partial charge on any atom is 0.311 e. The highest BCUT2D eigenvalue weighted by atomic mass is 16.7. The quantitative estimate of drug-likeness (QED) is 0.168. The highest BCUT2D eigenvalue weighted by Crippen LogP contribution is 2.41. The van der Waals surface area contributed by atoms with Crippen molar-refractivity contribution in [2.24, 2.45) is 17.8 Å². The van der Waals surface area contributed by atoms with E-state index in [0.29, 0.717) is 19.0 Å². The van der Waals surface area contributed by atoms with Crippen LogP contribution in [0.5, 0.6) is 0 Å². The second-order valence-corrected chi connectivity index (χ2v) is 19.9. The summed E-state index contributed by atoms with van der Waals surface area (Å²) < 4.78 is 51.2. The highest BCUT2D eigenvalue weighted by molar-refractivity contribution is 5.78. The number of methoxy groups -OCH3 is 2. The van der Waals surface area contributed by atoms with Crippen LogP contribution in [0.1, 0.15) is 127 Å². The fourth-order valence-electron chi connectivity index (χ4n) is 10.3. The average Bonchev–Trinajstić information content (AvgIpc) is 3.75. The Bertz CT molecular complexity index is 1480. The van der Waals surface area contributed by atoms with Crippen LogP contribution in [0.3, 0.4) is 0 Å². The number of likely N-dealkylation sites (N-methyl/N-ethyl adjacent to an activating group) is 1. The Morgan fingerprint density at radius 3 is 2.13 bits per heavy atom. The molecule has 0 bridgehead atoms. The summed E-state index contributed by atoms with van der Waals surface area (Å²) in [5.41, 5.74) is -4.32. The van der Waals surface area contributed by atoms with Gasteiger partial charge in [0.05, 0.1) is 48.4 Å². The van der Waals surface area contributed by atoms with E-state index in [1.165, 1.54) is 26.9 Å². The van der Waals surface area contributed by atoms with Gasteiger partial charge in [0.1, 0.15) is 29.5 Å². The molecule has 3 heterocycles. The molecule has 3 aliphatic heterocycles. The van der Waals surface area contributed by atoms with Crippen molar-refractivity contribution in [2.75, 3.05) is 34.9 Å². The van der Waals surface area contributed by atoms with E-state index in [9.17, 15) is 29.7 Å². The summed E-state index contributed by atoms with van der Waals surface area (Å²) in [5, 5.41) is 41.2. The Kier molecular flexibility index (Phi) is 19.3. The Morgan fingerprint density at radius 1 is 0.921 bits per heavy atom. The molecule has 1 amide bonds. The lowest BCUT2D eigenvalue weighted by Crippen LogP contribution is -2.61. The van der Waals surface area contributed by atoms with Crippen molar-refractivity contribution >= 4 is 17.8 Å². The van der Waals surface area contributed by atoms with Crippen molar-refractivity contribution in [1.29, 1.82) is 0 Å². The molecule has 366 valence electrons. The van der Waals surface area contributed by atoms with Crippen LogP contribution < -0.4 is 10.6 Å². The van der Waals surface area contributed by atoms with Gasteiger partial charge in [-0.1, -0.05) is 33.6 Å². The molecule has 4 fully saturated rings. The molecule has 5 N–H and O–H groups in total. The molecule has 17 nitrogen and oxygen atoms in total. The number of carbonyl (C=O) groups is 3. The standard InChI is InChI=1S/C46H83N3O14/c1-15-33-46(10,55)38(52)29(6)48-41(53)25(2)23-44(8,56-13)39(63-43-36(51)32(49(11)12)22-26(3)58-43)27(4)37(28(5)42(54)60-33)62-35-24-45(9,57-14)40(30(7)59-35)61-34(50)20-21-47-31-18-16-17-19-31/h25-33,35-40,43,47,51-52,55H,15-24H2,1-14H3,(H,48,53)/t25-,26-,27+,28-,29-,30+,32+,33-,35+,36-,37+,38-,39-,40+,43+,44-,45-,46-/m1/s1. The number of nitrogens with one attached hydrogen (secondary N) is 2. The van der Waals surface area contributed by atoms with Gasteiger partial charge in [-0.2, -0.15) is 0 Å². The number of hydrogen-bond acceptors (Lipinski definition) is 16. The molecule has 4 rings (SSSR count). The predicted molar refractivity (Wildman–Crippen MR) is 233 cm³/mol. The Balaban J connectivity index is 1.75. The Morgan fingerprint density at radius 2 is 1.54 bits per heavy atom. The Labute approximate surface area is 376 Å². The minimum Gasteiger partial charge on any atom is -0.459 e. The monoisotopic (exact) mass is 902 g/mol. The molecule has 3 saturated heterocycles. The lowest BCUT2D eigenvalue weighted by atomic mass is 9.77. The summed E-state index contributed by atoms with van der Waals surface area (Å²) in [5.74, 6) is -4.07. The number of carbonyl (C=O) groups excluding carboxylic acids is 3. The molecule has 0 radical (unpaired) electrons. The van der Waals surface area contributed by atoms with E-state index in [2.05, 4.69) is 10.6 Å². The highest BCUT2D eigenvalue weighted by Gasteiger charge is 2.54. The van der Waals surface area contributed by atoms with Crippen molar-refractivity contribution in [1.82, 2.24) is 15.5 Å². The third-order valence-corrected chi connectivity index (χ3v) is 14.5. The van der Waals surface area contributed by atoms with Gasteiger partial charge >= 0.3 is 11.9 Å². The summed E-state index contributed by atoms with van der Waals surface area (Å²) in [6.45, 7) is 17.7. The summed E-state index contributed by atoms with van der Waals surface area (Å²) in [6, 6.07) is -0.830. The van der Waals surface area contributed by atoms with Gasteiger partial charge in [-0.05, 0) is 94.7 Å². The molecule has 0 aromatic heterocycles. The lowest BCUT2D eigenvalue weighted by molar-refractivity contribution is -0.320. The largest absolute Gasteiger partial charge is 0.459 e. The number of nitrogens with zero attached hydrogens (tertiary/aromatic N) is 1. The van der Waals surface area contributed by atoms with Crippen molar-refractivity contribution < 1.29 is 67.6 Å². The first-order valence-corrected chi connectivity index (χ1v) is 23.3. The van der Waals surface area contributed by atoms with E-state index in [4.69, 9.17) is 37.9 Å². The molecule has 0 spiro atoms. The van der Waals surface area contributed by atoms with Crippen molar-refractivity contribution in [3.05, 3.63) is 0 Å². The molecule has 17 heteroatoms. The van der Waals surface area contributed by atoms with Crippen LogP contribution >= 0.6 is 0 Å². The second kappa shape index (κ2) is 22.6. The van der Waals surface area contributed by atoms with Gasteiger partial charge in [-0.15, -0.1) is 0 Å². The molecule has 4 aliphatic rings. The molecule has 0 unspecified atom stereocenters. The molecular formula is C46H83N3O14. The van der Waals surface area contributed by atoms with Gasteiger partial charge in [0, 0.05) is 51.1 Å². The number of ether oxygens (including phenoxy) is 8. The van der Waals surface area contributed by atoms with Crippen molar-refractivity contribution in [2.45, 2.75) is 223 Å². The fourth-order valence-corrected chi connectivity index (χ4v) is 10.3. The fraction of sp³-hybridized carbons (Fsp3) is 0.935. The zero-order chi connectivity index (χ0) is 47.2. The molecular weight excluding hydrogens is 819 g/mol. The first kappa shape index (κ1) is 53.6. The number of esters is 2. The maximum atomic E-state index is 14.5. The minimum absolute atomic E-state index is 0.0874. The molecule has 18 atom stereocenters. The van der Waals surface area contributed by atoms with Crippen LogP contribution in [0.25, 0.3) is 0 Å². The van der Waals surface area contributed by atoms with Crippen LogP contribution in [0.4, 0.5) is 0 Å². The van der Waals surface area contributed by atoms with E-state index in [1.54, 1.807) is 48.7 Å².